The smallest absolute Gasteiger partial charge is 0.139 e. The van der Waals surface area contributed by atoms with Crippen LogP contribution in [0.3, 0.4) is 0 Å². The number of methoxy groups -OCH3 is 1. The number of halogens is 1. The second kappa shape index (κ2) is 7.84. The van der Waals surface area contributed by atoms with Crippen LogP contribution in [0.5, 0.6) is 5.75 Å². The predicted octanol–water partition coefficient (Wildman–Crippen LogP) is 4.17. The van der Waals surface area contributed by atoms with E-state index in [4.69, 9.17) is 15.5 Å². The number of fused-ring (bicyclic) bond motifs is 1. The zero-order valence-corrected chi connectivity index (χ0v) is 17.7. The minimum absolute atomic E-state index is 0.103. The summed E-state index contributed by atoms with van der Waals surface area (Å²) in [6.07, 6.45) is 4.91. The van der Waals surface area contributed by atoms with E-state index in [0.717, 1.165) is 16.7 Å². The van der Waals surface area contributed by atoms with Crippen molar-refractivity contribution in [3.63, 3.8) is 0 Å². The Morgan fingerprint density at radius 1 is 0.970 bits per heavy atom. The standard InChI is InChI=1S/C26H18FN5O/c1-33-23-9-8-20(11-17(23)12-28)26(21-6-3-7-22(27)24(21)25(29)32-26)19-5-2-4-16(10-19)18-13-30-15-31-14-18/h2-11,13-15H,1H3,(H2,29,32). The number of hydrogen-bond acceptors (Lipinski definition) is 6. The number of amidine groups is 1. The Hall–Kier alpha value is -4.57. The van der Waals surface area contributed by atoms with Gasteiger partial charge in [0.25, 0.3) is 0 Å². The van der Waals surface area contributed by atoms with Crippen molar-refractivity contribution < 1.29 is 9.13 Å². The molecule has 0 saturated carbocycles. The molecule has 1 aliphatic rings. The lowest BCUT2D eigenvalue weighted by Gasteiger charge is -2.30. The highest BCUT2D eigenvalue weighted by Gasteiger charge is 2.44. The molecule has 0 bridgehead atoms. The van der Waals surface area contributed by atoms with Crippen molar-refractivity contribution in [2.45, 2.75) is 5.54 Å². The molecule has 1 aliphatic heterocycles. The molecular weight excluding hydrogens is 417 g/mol. The minimum Gasteiger partial charge on any atom is -0.495 e. The quantitative estimate of drug-likeness (QED) is 0.519. The maximum absolute atomic E-state index is 14.9. The van der Waals surface area contributed by atoms with Gasteiger partial charge in [-0.25, -0.2) is 19.4 Å². The van der Waals surface area contributed by atoms with Crippen molar-refractivity contribution in [2.24, 2.45) is 10.7 Å². The molecule has 4 aromatic rings. The number of benzene rings is 3. The molecule has 0 radical (unpaired) electrons. The van der Waals surface area contributed by atoms with Crippen molar-refractivity contribution in [2.75, 3.05) is 7.11 Å². The van der Waals surface area contributed by atoms with Gasteiger partial charge in [-0.1, -0.05) is 36.4 Å². The Morgan fingerprint density at radius 2 is 1.73 bits per heavy atom. The number of ether oxygens (including phenoxy) is 1. The number of nitriles is 1. The van der Waals surface area contributed by atoms with Crippen LogP contribution < -0.4 is 10.5 Å². The summed E-state index contributed by atoms with van der Waals surface area (Å²) in [5.41, 5.74) is 9.49. The summed E-state index contributed by atoms with van der Waals surface area (Å²) in [6.45, 7) is 0. The normalized spacial score (nSPS) is 16.6. The molecule has 5 rings (SSSR count). The van der Waals surface area contributed by atoms with Gasteiger partial charge in [0.05, 0.1) is 18.2 Å². The van der Waals surface area contributed by atoms with E-state index in [9.17, 15) is 9.65 Å². The third kappa shape index (κ3) is 3.12. The molecule has 0 fully saturated rings. The fourth-order valence-corrected chi connectivity index (χ4v) is 4.38. The Labute approximate surface area is 189 Å². The first-order valence-corrected chi connectivity index (χ1v) is 10.2. The van der Waals surface area contributed by atoms with Crippen LogP contribution in [0.15, 0.2) is 84.4 Å². The van der Waals surface area contributed by atoms with Gasteiger partial charge < -0.3 is 10.5 Å². The van der Waals surface area contributed by atoms with E-state index in [2.05, 4.69) is 16.0 Å². The molecule has 7 heteroatoms. The topological polar surface area (TPSA) is 97.2 Å². The fraction of sp³-hybridized carbons (Fsp3) is 0.0769. The first kappa shape index (κ1) is 20.3. The van der Waals surface area contributed by atoms with Gasteiger partial charge in [-0.05, 0) is 41.0 Å². The van der Waals surface area contributed by atoms with Gasteiger partial charge in [-0.3, -0.25) is 0 Å². The lowest BCUT2D eigenvalue weighted by molar-refractivity contribution is 0.413. The van der Waals surface area contributed by atoms with E-state index in [0.29, 0.717) is 22.4 Å². The van der Waals surface area contributed by atoms with Crippen molar-refractivity contribution in [1.82, 2.24) is 9.97 Å². The molecule has 1 unspecified atom stereocenters. The number of nitrogens with two attached hydrogens (primary N) is 1. The monoisotopic (exact) mass is 435 g/mol. The molecule has 1 atom stereocenters. The molecule has 2 heterocycles. The van der Waals surface area contributed by atoms with Gasteiger partial charge in [0.15, 0.2) is 0 Å². The number of hydrogen-bond donors (Lipinski definition) is 1. The summed E-state index contributed by atoms with van der Waals surface area (Å²) in [7, 11) is 1.51. The van der Waals surface area contributed by atoms with E-state index in [-0.39, 0.29) is 11.4 Å². The van der Waals surface area contributed by atoms with Crippen LogP contribution in [0.25, 0.3) is 11.1 Å². The first-order valence-electron chi connectivity index (χ1n) is 10.2. The zero-order chi connectivity index (χ0) is 23.0. The van der Waals surface area contributed by atoms with E-state index in [1.807, 2.05) is 36.4 Å². The molecule has 1 aromatic heterocycles. The predicted molar refractivity (Wildman–Crippen MR) is 122 cm³/mol. The van der Waals surface area contributed by atoms with E-state index in [1.54, 1.807) is 30.6 Å². The average molecular weight is 435 g/mol. The first-order chi connectivity index (χ1) is 16.1. The van der Waals surface area contributed by atoms with Crippen LogP contribution >= 0.6 is 0 Å². The zero-order valence-electron chi connectivity index (χ0n) is 17.7. The number of nitrogens with zero attached hydrogens (tertiary/aromatic N) is 4. The second-order valence-electron chi connectivity index (χ2n) is 7.60. The average Bonchev–Trinajstić information content (AvgIpc) is 3.18. The lowest BCUT2D eigenvalue weighted by atomic mass is 9.76. The summed E-state index contributed by atoms with van der Waals surface area (Å²) in [6, 6.07) is 20.0. The van der Waals surface area contributed by atoms with Gasteiger partial charge >= 0.3 is 0 Å². The van der Waals surface area contributed by atoms with E-state index < -0.39 is 11.4 Å². The van der Waals surface area contributed by atoms with Gasteiger partial charge in [0, 0.05) is 23.5 Å². The summed E-state index contributed by atoms with van der Waals surface area (Å²) in [5, 5.41) is 9.69. The van der Waals surface area contributed by atoms with Crippen LogP contribution in [0.1, 0.15) is 27.8 Å². The molecule has 33 heavy (non-hydrogen) atoms. The molecule has 0 spiro atoms. The van der Waals surface area contributed by atoms with Crippen LogP contribution in [0.4, 0.5) is 4.39 Å². The largest absolute Gasteiger partial charge is 0.495 e. The number of aliphatic imine (C=N–C) groups is 1. The molecule has 3 aromatic carbocycles. The number of rotatable bonds is 4. The third-order valence-electron chi connectivity index (χ3n) is 5.86. The SMILES string of the molecule is COc1ccc(C2(c3cccc(-c4cncnc4)c3)N=C(N)c3c(F)cccc32)cc1C#N. The van der Waals surface area contributed by atoms with E-state index in [1.165, 1.54) is 19.5 Å². The highest BCUT2D eigenvalue weighted by Crippen LogP contribution is 2.47. The van der Waals surface area contributed by atoms with Gasteiger partial charge in [-0.15, -0.1) is 0 Å². The maximum Gasteiger partial charge on any atom is 0.139 e. The van der Waals surface area contributed by atoms with Crippen LogP contribution in [0.2, 0.25) is 0 Å². The van der Waals surface area contributed by atoms with E-state index >= 15 is 0 Å². The highest BCUT2D eigenvalue weighted by molar-refractivity contribution is 6.03. The maximum atomic E-state index is 14.9. The third-order valence-corrected chi connectivity index (χ3v) is 5.86. The summed E-state index contributed by atoms with van der Waals surface area (Å²) >= 11 is 0. The molecular formula is C26H18FN5O. The summed E-state index contributed by atoms with van der Waals surface area (Å²) in [4.78, 5) is 13.0. The van der Waals surface area contributed by atoms with Gasteiger partial charge in [-0.2, -0.15) is 5.26 Å². The Balaban J connectivity index is 1.83. The molecule has 6 nitrogen and oxygen atoms in total. The van der Waals surface area contributed by atoms with Crippen molar-refractivity contribution in [3.8, 4) is 22.9 Å². The summed E-state index contributed by atoms with van der Waals surface area (Å²) in [5.74, 6) is 0.101. The summed E-state index contributed by atoms with van der Waals surface area (Å²) < 4.78 is 20.2. The Kier molecular flexibility index (Phi) is 4.83. The van der Waals surface area contributed by atoms with Crippen LogP contribution in [-0.2, 0) is 5.54 Å². The van der Waals surface area contributed by atoms with Crippen LogP contribution in [-0.4, -0.2) is 22.9 Å². The highest BCUT2D eigenvalue weighted by atomic mass is 19.1. The second-order valence-corrected chi connectivity index (χ2v) is 7.60. The molecule has 2 N–H and O–H groups in total. The van der Waals surface area contributed by atoms with Crippen molar-refractivity contribution >= 4 is 5.84 Å². The van der Waals surface area contributed by atoms with Gasteiger partial charge in [0.1, 0.15) is 35.3 Å². The van der Waals surface area contributed by atoms with Crippen molar-refractivity contribution in [3.05, 3.63) is 113 Å². The molecule has 0 aliphatic carbocycles. The Morgan fingerprint density at radius 3 is 2.48 bits per heavy atom. The number of aromatic nitrogens is 2. The minimum atomic E-state index is -1.15. The fourth-order valence-electron chi connectivity index (χ4n) is 4.38. The van der Waals surface area contributed by atoms with Crippen molar-refractivity contribution in [1.29, 1.82) is 5.26 Å². The van der Waals surface area contributed by atoms with Crippen LogP contribution in [0, 0.1) is 17.1 Å². The molecule has 0 saturated heterocycles. The lowest BCUT2D eigenvalue weighted by Crippen LogP contribution is -2.25. The van der Waals surface area contributed by atoms with Gasteiger partial charge in [0.2, 0.25) is 0 Å². The molecule has 160 valence electrons. The Bertz CT molecular complexity index is 1450. The molecule has 0 amide bonds.